The van der Waals surface area contributed by atoms with Crippen LogP contribution in [-0.2, 0) is 26.2 Å². The van der Waals surface area contributed by atoms with Gasteiger partial charge in [0.1, 0.15) is 5.75 Å². The summed E-state index contributed by atoms with van der Waals surface area (Å²) in [5.41, 5.74) is 1.00. The van der Waals surface area contributed by atoms with E-state index in [1.807, 2.05) is 0 Å². The van der Waals surface area contributed by atoms with Gasteiger partial charge in [0.15, 0.2) is 0 Å². The fourth-order valence-electron chi connectivity index (χ4n) is 1.23. The molecule has 0 heterocycles. The molecule has 0 aromatic heterocycles. The lowest BCUT2D eigenvalue weighted by molar-refractivity contribution is -0.159. The van der Waals surface area contributed by atoms with Gasteiger partial charge < -0.3 is 20.6 Å². The van der Waals surface area contributed by atoms with Crippen LogP contribution in [0.4, 0.5) is 0 Å². The molecule has 10 heteroatoms. The highest BCUT2D eigenvalue weighted by Crippen LogP contribution is 2.08. The van der Waals surface area contributed by atoms with Crippen molar-refractivity contribution >= 4 is 22.0 Å². The van der Waals surface area contributed by atoms with E-state index in [1.165, 1.54) is 18.4 Å². The summed E-state index contributed by atoms with van der Waals surface area (Å²) in [7, 11) is -0.0823. The van der Waals surface area contributed by atoms with Gasteiger partial charge in [0.25, 0.3) is 0 Å². The fraction of sp³-hybridized carbons (Fsp3) is 0.385. The van der Waals surface area contributed by atoms with Crippen molar-refractivity contribution in [1.29, 1.82) is 0 Å². The summed E-state index contributed by atoms with van der Waals surface area (Å²) < 4.78 is 24.1. The lowest BCUT2D eigenvalue weighted by Gasteiger charge is -2.11. The smallest absolute Gasteiger partial charge is 0.414 e. The van der Waals surface area contributed by atoms with E-state index in [2.05, 4.69) is 5.32 Å². The van der Waals surface area contributed by atoms with Crippen LogP contribution in [0.3, 0.4) is 0 Å². The molecule has 1 aromatic rings. The van der Waals surface area contributed by atoms with Crippen molar-refractivity contribution in [3.63, 3.8) is 0 Å². The molecule has 130 valence electrons. The number of carboxylic acid groups (broad SMARTS) is 2. The number of rotatable bonds is 6. The molecule has 1 rings (SSSR count). The molecule has 0 amide bonds. The van der Waals surface area contributed by atoms with Crippen LogP contribution < -0.4 is 5.32 Å². The molecule has 4 N–H and O–H groups in total. The highest BCUT2D eigenvalue weighted by molar-refractivity contribution is 7.89. The second-order valence-corrected chi connectivity index (χ2v) is 6.85. The average molecular weight is 348 g/mol. The third-order valence-electron chi connectivity index (χ3n) is 2.54. The number of carbonyl (C=O) groups is 2. The van der Waals surface area contributed by atoms with Gasteiger partial charge in [-0.15, -0.1) is 0 Å². The van der Waals surface area contributed by atoms with Crippen LogP contribution in [0.1, 0.15) is 5.56 Å². The first-order chi connectivity index (χ1) is 10.6. The van der Waals surface area contributed by atoms with Gasteiger partial charge in [-0.2, -0.15) is 0 Å². The van der Waals surface area contributed by atoms with Crippen molar-refractivity contribution in [3.05, 3.63) is 29.8 Å². The highest BCUT2D eigenvalue weighted by atomic mass is 32.2. The normalized spacial score (nSPS) is 10.7. The Hall–Kier alpha value is -2.17. The minimum Gasteiger partial charge on any atom is -0.508 e. The summed E-state index contributed by atoms with van der Waals surface area (Å²) in [6.45, 7) is 0.991. The first kappa shape index (κ1) is 20.8. The lowest BCUT2D eigenvalue weighted by Crippen LogP contribution is -2.30. The first-order valence-electron chi connectivity index (χ1n) is 6.41. The molecule has 0 spiro atoms. The van der Waals surface area contributed by atoms with Gasteiger partial charge in [0.05, 0.1) is 5.75 Å². The number of nitrogens with one attached hydrogen (secondary N) is 1. The van der Waals surface area contributed by atoms with E-state index in [4.69, 9.17) is 24.9 Å². The number of sulfonamides is 1. The highest BCUT2D eigenvalue weighted by Gasteiger charge is 2.12. The maximum atomic E-state index is 11.4. The number of hydrogen-bond donors (Lipinski definition) is 4. The predicted molar refractivity (Wildman–Crippen MR) is 82.6 cm³/mol. The standard InChI is InChI=1S/C11H18N2O3S.C2H2O4/c1-13(2)17(15,16)8-7-12-9-10-3-5-11(14)6-4-10;3-1(4)2(5)6/h3-6,12,14H,7-9H2,1-2H3;(H,3,4)(H,5,6). The van der Waals surface area contributed by atoms with Crippen LogP contribution in [0.15, 0.2) is 24.3 Å². The number of aromatic hydroxyl groups is 1. The third kappa shape index (κ3) is 9.45. The third-order valence-corrected chi connectivity index (χ3v) is 4.37. The topological polar surface area (TPSA) is 144 Å². The molecule has 1 aromatic carbocycles. The number of benzene rings is 1. The van der Waals surface area contributed by atoms with Crippen LogP contribution in [0.5, 0.6) is 5.75 Å². The van der Waals surface area contributed by atoms with E-state index in [1.54, 1.807) is 24.3 Å². The maximum Gasteiger partial charge on any atom is 0.414 e. The van der Waals surface area contributed by atoms with E-state index in [9.17, 15) is 8.42 Å². The van der Waals surface area contributed by atoms with Crippen LogP contribution in [0, 0.1) is 0 Å². The number of phenols is 1. The van der Waals surface area contributed by atoms with Gasteiger partial charge in [-0.3, -0.25) is 0 Å². The van der Waals surface area contributed by atoms with Gasteiger partial charge >= 0.3 is 11.9 Å². The number of phenolic OH excluding ortho intramolecular Hbond substituents is 1. The van der Waals surface area contributed by atoms with Gasteiger partial charge in [-0.05, 0) is 17.7 Å². The van der Waals surface area contributed by atoms with Crippen LogP contribution in [0.25, 0.3) is 0 Å². The second kappa shape index (κ2) is 9.77. The SMILES string of the molecule is CN(C)S(=O)(=O)CCNCc1ccc(O)cc1.O=C(O)C(=O)O. The Bertz CT molecular complexity index is 600. The summed E-state index contributed by atoms with van der Waals surface area (Å²) in [4.78, 5) is 18.2. The van der Waals surface area contributed by atoms with Crippen molar-refractivity contribution in [3.8, 4) is 5.75 Å². The Morgan fingerprint density at radius 1 is 1.09 bits per heavy atom. The van der Waals surface area contributed by atoms with Crippen LogP contribution >= 0.6 is 0 Å². The summed E-state index contributed by atoms with van der Waals surface area (Å²) in [5.74, 6) is -3.34. The molecule has 0 bridgehead atoms. The largest absolute Gasteiger partial charge is 0.508 e. The van der Waals surface area contributed by atoms with E-state index >= 15 is 0 Å². The minimum absolute atomic E-state index is 0.0814. The van der Waals surface area contributed by atoms with E-state index in [0.717, 1.165) is 5.56 Å². The second-order valence-electron chi connectivity index (χ2n) is 4.55. The molecule has 0 saturated heterocycles. The van der Waals surface area contributed by atoms with Crippen LogP contribution in [0.2, 0.25) is 0 Å². The van der Waals surface area contributed by atoms with Crippen molar-refractivity contribution in [2.75, 3.05) is 26.4 Å². The van der Waals surface area contributed by atoms with Crippen molar-refractivity contribution < 1.29 is 33.3 Å². The Kier molecular flexibility index (Phi) is 8.85. The summed E-state index contributed by atoms with van der Waals surface area (Å²) in [6, 6.07) is 6.80. The molecule has 0 radical (unpaired) electrons. The monoisotopic (exact) mass is 348 g/mol. The molecule has 0 fully saturated rings. The quantitative estimate of drug-likeness (QED) is 0.399. The van der Waals surface area contributed by atoms with E-state index < -0.39 is 22.0 Å². The average Bonchev–Trinajstić information content (AvgIpc) is 2.46. The minimum atomic E-state index is -3.13. The van der Waals surface area contributed by atoms with Gasteiger partial charge in [0, 0.05) is 27.2 Å². The zero-order valence-electron chi connectivity index (χ0n) is 12.8. The predicted octanol–water partition coefficient (Wildman–Crippen LogP) is -0.471. The molecule has 9 nitrogen and oxygen atoms in total. The first-order valence-corrected chi connectivity index (χ1v) is 8.02. The maximum absolute atomic E-state index is 11.4. The summed E-state index contributed by atoms with van der Waals surface area (Å²) in [6.07, 6.45) is 0. The van der Waals surface area contributed by atoms with Crippen molar-refractivity contribution in [2.45, 2.75) is 6.54 Å². The molecule has 0 aliphatic rings. The van der Waals surface area contributed by atoms with Crippen LogP contribution in [-0.4, -0.2) is 66.4 Å². The number of carboxylic acids is 2. The number of aliphatic carboxylic acids is 2. The zero-order valence-corrected chi connectivity index (χ0v) is 13.6. The van der Waals surface area contributed by atoms with Gasteiger partial charge in [-0.1, -0.05) is 12.1 Å². The summed E-state index contributed by atoms with van der Waals surface area (Å²) in [5, 5.41) is 26.9. The molecular weight excluding hydrogens is 328 g/mol. The van der Waals surface area contributed by atoms with E-state index in [0.29, 0.717) is 13.1 Å². The van der Waals surface area contributed by atoms with Crippen molar-refractivity contribution in [2.24, 2.45) is 0 Å². The Morgan fingerprint density at radius 3 is 1.96 bits per heavy atom. The number of nitrogens with zero attached hydrogens (tertiary/aromatic N) is 1. The van der Waals surface area contributed by atoms with Gasteiger partial charge in [0.2, 0.25) is 10.0 Å². The van der Waals surface area contributed by atoms with Gasteiger partial charge in [-0.25, -0.2) is 22.3 Å². The Morgan fingerprint density at radius 2 is 1.57 bits per heavy atom. The summed E-state index contributed by atoms with van der Waals surface area (Å²) >= 11 is 0. The molecule has 0 unspecified atom stereocenters. The molecule has 0 aliphatic carbocycles. The fourth-order valence-corrected chi connectivity index (χ4v) is 2.00. The molecule has 0 saturated carbocycles. The Labute approximate surface area is 134 Å². The molecule has 0 atom stereocenters. The van der Waals surface area contributed by atoms with E-state index in [-0.39, 0.29) is 11.5 Å². The van der Waals surface area contributed by atoms with Crippen molar-refractivity contribution in [1.82, 2.24) is 9.62 Å². The molecule has 23 heavy (non-hydrogen) atoms. The molecular formula is C13H20N2O7S. The molecule has 0 aliphatic heterocycles. The zero-order chi connectivity index (χ0) is 18.0. The number of hydrogen-bond acceptors (Lipinski definition) is 6. The lowest BCUT2D eigenvalue weighted by atomic mass is 10.2. The Balaban J connectivity index is 0.000000688.